The first-order valence-corrected chi connectivity index (χ1v) is 6.50. The molecule has 103 valence electrons. The summed E-state index contributed by atoms with van der Waals surface area (Å²) in [6.07, 6.45) is -0.788. The number of rotatable bonds is 2. The Morgan fingerprint density at radius 2 is 1.90 bits per heavy atom. The molecule has 0 bridgehead atoms. The third-order valence-electron chi connectivity index (χ3n) is 3.73. The molecule has 0 amide bonds. The molecule has 1 radical (unpaired) electrons. The van der Waals surface area contributed by atoms with Crippen LogP contribution < -0.4 is 0 Å². The number of halogens is 3. The van der Waals surface area contributed by atoms with E-state index >= 15 is 0 Å². The monoisotopic (exact) mass is 276 g/mol. The van der Waals surface area contributed by atoms with Crippen LogP contribution in [0.15, 0.2) is 48.7 Å². The van der Waals surface area contributed by atoms with Gasteiger partial charge in [0, 0.05) is 23.7 Å². The van der Waals surface area contributed by atoms with Crippen LogP contribution in [0.3, 0.4) is 0 Å². The van der Waals surface area contributed by atoms with Crippen molar-refractivity contribution in [3.8, 4) is 0 Å². The zero-order valence-corrected chi connectivity index (χ0v) is 10.7. The van der Waals surface area contributed by atoms with E-state index in [1.807, 2.05) is 18.2 Å². The molecule has 1 saturated carbocycles. The summed E-state index contributed by atoms with van der Waals surface area (Å²) in [7, 11) is 0. The van der Waals surface area contributed by atoms with E-state index in [4.69, 9.17) is 0 Å². The maximum absolute atomic E-state index is 12.8. The summed E-state index contributed by atoms with van der Waals surface area (Å²) in [6.45, 7) is 0. The fraction of sp³-hybridized carbons (Fsp3) is 0.250. The van der Waals surface area contributed by atoms with Gasteiger partial charge < -0.3 is 0 Å². The van der Waals surface area contributed by atoms with Gasteiger partial charge in [0.1, 0.15) is 0 Å². The molecule has 1 aliphatic rings. The third-order valence-corrected chi connectivity index (χ3v) is 3.73. The predicted octanol–water partition coefficient (Wildman–Crippen LogP) is 4.60. The van der Waals surface area contributed by atoms with Crippen LogP contribution in [0.25, 0.3) is 0 Å². The maximum Gasteiger partial charge on any atom is 0.416 e. The van der Waals surface area contributed by atoms with Gasteiger partial charge in [0.2, 0.25) is 0 Å². The molecule has 1 aromatic carbocycles. The van der Waals surface area contributed by atoms with Crippen molar-refractivity contribution in [3.05, 3.63) is 71.4 Å². The summed E-state index contributed by atoms with van der Waals surface area (Å²) in [4.78, 5) is 4.30. The van der Waals surface area contributed by atoms with E-state index in [-0.39, 0.29) is 5.92 Å². The van der Waals surface area contributed by atoms with Gasteiger partial charge in [0.15, 0.2) is 0 Å². The van der Waals surface area contributed by atoms with Gasteiger partial charge in [-0.15, -0.1) is 0 Å². The molecule has 1 heterocycles. The summed E-state index contributed by atoms with van der Waals surface area (Å²) in [5.74, 6) is 1.20. The highest BCUT2D eigenvalue weighted by Gasteiger charge is 2.37. The molecule has 0 spiro atoms. The minimum Gasteiger partial charge on any atom is -0.261 e. The predicted molar refractivity (Wildman–Crippen MR) is 70.0 cm³/mol. The second-order valence-corrected chi connectivity index (χ2v) is 4.95. The summed E-state index contributed by atoms with van der Waals surface area (Å²) in [6, 6.07) is 11.2. The normalized spacial score (nSPS) is 19.6. The lowest BCUT2D eigenvalue weighted by Gasteiger charge is -2.36. The molecular formula is C16H13F3N. The fourth-order valence-electron chi connectivity index (χ4n) is 2.58. The summed E-state index contributed by atoms with van der Waals surface area (Å²) < 4.78 is 38.3. The van der Waals surface area contributed by atoms with Crippen molar-refractivity contribution < 1.29 is 13.2 Å². The molecule has 1 fully saturated rings. The first-order valence-electron chi connectivity index (χ1n) is 6.50. The molecule has 1 atom stereocenters. The molecule has 1 nitrogen and oxygen atoms in total. The molecule has 1 aromatic heterocycles. The molecule has 0 saturated heterocycles. The van der Waals surface area contributed by atoms with E-state index in [9.17, 15) is 13.2 Å². The fourth-order valence-corrected chi connectivity index (χ4v) is 2.58. The van der Waals surface area contributed by atoms with E-state index in [0.29, 0.717) is 5.56 Å². The highest BCUT2D eigenvalue weighted by molar-refractivity contribution is 5.43. The Kier molecular flexibility index (Phi) is 3.24. The van der Waals surface area contributed by atoms with Gasteiger partial charge in [-0.25, -0.2) is 0 Å². The largest absolute Gasteiger partial charge is 0.416 e. The molecule has 0 N–H and O–H groups in total. The maximum atomic E-state index is 12.8. The first kappa shape index (κ1) is 13.2. The lowest BCUT2D eigenvalue weighted by Crippen LogP contribution is -2.24. The molecule has 1 aliphatic carbocycles. The highest BCUT2D eigenvalue weighted by Crippen LogP contribution is 2.48. The van der Waals surface area contributed by atoms with Crippen LogP contribution in [0.5, 0.6) is 0 Å². The van der Waals surface area contributed by atoms with Crippen molar-refractivity contribution in [2.75, 3.05) is 0 Å². The van der Waals surface area contributed by atoms with Crippen molar-refractivity contribution >= 4 is 0 Å². The van der Waals surface area contributed by atoms with E-state index < -0.39 is 11.7 Å². The second-order valence-electron chi connectivity index (χ2n) is 4.95. The number of aromatic nitrogens is 1. The van der Waals surface area contributed by atoms with Gasteiger partial charge in [-0.05, 0) is 36.6 Å². The van der Waals surface area contributed by atoms with Crippen molar-refractivity contribution in [2.45, 2.75) is 24.9 Å². The Morgan fingerprint density at radius 3 is 2.50 bits per heavy atom. The van der Waals surface area contributed by atoms with Crippen molar-refractivity contribution in [1.29, 1.82) is 0 Å². The molecule has 3 rings (SSSR count). The van der Waals surface area contributed by atoms with Crippen LogP contribution in [0, 0.1) is 5.92 Å². The SMILES string of the molecule is FC(F)(F)c1cccc([C]2CCC2c2ccccn2)c1. The average Bonchev–Trinajstić information content (AvgIpc) is 2.38. The van der Waals surface area contributed by atoms with Gasteiger partial charge in [-0.3, -0.25) is 4.98 Å². The number of nitrogens with zero attached hydrogens (tertiary/aromatic N) is 1. The Labute approximate surface area is 115 Å². The Balaban J connectivity index is 1.87. The Hall–Kier alpha value is -1.84. The van der Waals surface area contributed by atoms with E-state index in [2.05, 4.69) is 4.98 Å². The molecule has 20 heavy (non-hydrogen) atoms. The number of hydrogen-bond donors (Lipinski definition) is 0. The second kappa shape index (κ2) is 4.93. The van der Waals surface area contributed by atoms with Gasteiger partial charge >= 0.3 is 6.18 Å². The van der Waals surface area contributed by atoms with Gasteiger partial charge in [-0.2, -0.15) is 13.2 Å². The lowest BCUT2D eigenvalue weighted by molar-refractivity contribution is -0.137. The van der Waals surface area contributed by atoms with Gasteiger partial charge in [0.05, 0.1) is 5.56 Å². The molecular weight excluding hydrogens is 263 g/mol. The standard InChI is InChI=1S/C16H13F3N/c17-16(18,19)12-5-3-4-11(10-12)13-7-8-14(13)15-6-1-2-9-20-15/h1-6,9-10,14H,7-8H2. The molecule has 1 unspecified atom stereocenters. The number of alkyl halides is 3. The zero-order valence-electron chi connectivity index (χ0n) is 10.7. The molecule has 2 aromatic rings. The summed E-state index contributed by atoms with van der Waals surface area (Å²) in [5, 5.41) is 0. The van der Waals surface area contributed by atoms with E-state index in [1.54, 1.807) is 12.3 Å². The van der Waals surface area contributed by atoms with Crippen molar-refractivity contribution in [2.24, 2.45) is 0 Å². The lowest BCUT2D eigenvalue weighted by atomic mass is 9.68. The zero-order chi connectivity index (χ0) is 14.2. The third kappa shape index (κ3) is 2.42. The first-order chi connectivity index (χ1) is 9.55. The smallest absolute Gasteiger partial charge is 0.261 e. The Morgan fingerprint density at radius 1 is 1.05 bits per heavy atom. The summed E-state index contributed by atoms with van der Waals surface area (Å²) >= 11 is 0. The molecule has 4 heteroatoms. The number of benzene rings is 1. The average molecular weight is 276 g/mol. The van der Waals surface area contributed by atoms with Crippen LogP contribution in [-0.2, 0) is 6.18 Å². The van der Waals surface area contributed by atoms with Crippen molar-refractivity contribution in [1.82, 2.24) is 4.98 Å². The van der Waals surface area contributed by atoms with Crippen molar-refractivity contribution in [3.63, 3.8) is 0 Å². The van der Waals surface area contributed by atoms with Gasteiger partial charge in [-0.1, -0.05) is 24.3 Å². The van der Waals surface area contributed by atoms with Gasteiger partial charge in [0.25, 0.3) is 0 Å². The molecule has 0 aliphatic heterocycles. The van der Waals surface area contributed by atoms with Crippen LogP contribution in [-0.4, -0.2) is 4.98 Å². The van der Waals surface area contributed by atoms with E-state index in [0.717, 1.165) is 30.5 Å². The van der Waals surface area contributed by atoms with Crippen LogP contribution in [0.1, 0.15) is 35.6 Å². The highest BCUT2D eigenvalue weighted by atomic mass is 19.4. The number of pyridine rings is 1. The summed E-state index contributed by atoms with van der Waals surface area (Å²) in [5.41, 5.74) is 1.03. The number of hydrogen-bond acceptors (Lipinski definition) is 1. The van der Waals surface area contributed by atoms with Crippen LogP contribution in [0.4, 0.5) is 13.2 Å². The minimum atomic E-state index is -4.29. The van der Waals surface area contributed by atoms with E-state index in [1.165, 1.54) is 12.1 Å². The minimum absolute atomic E-state index is 0.152. The topological polar surface area (TPSA) is 12.9 Å². The van der Waals surface area contributed by atoms with Crippen LogP contribution in [0.2, 0.25) is 0 Å². The Bertz CT molecular complexity index is 592. The van der Waals surface area contributed by atoms with Crippen LogP contribution >= 0.6 is 0 Å². The quantitative estimate of drug-likeness (QED) is 0.781.